The van der Waals surface area contributed by atoms with Crippen molar-refractivity contribution in [1.82, 2.24) is 25.1 Å². The number of aromatic amines is 1. The summed E-state index contributed by atoms with van der Waals surface area (Å²) in [5, 5.41) is 14.3. The highest BCUT2D eigenvalue weighted by atomic mass is 32.1. The Kier molecular flexibility index (Phi) is 5.33. The minimum Gasteiger partial charge on any atom is -0.348 e. The topological polar surface area (TPSA) is 75.6 Å². The Morgan fingerprint density at radius 2 is 2.24 bits per heavy atom. The van der Waals surface area contributed by atoms with Crippen molar-refractivity contribution in [2.45, 2.75) is 45.7 Å². The third-order valence-electron chi connectivity index (χ3n) is 3.97. The van der Waals surface area contributed by atoms with Gasteiger partial charge in [0.25, 0.3) is 5.91 Å². The van der Waals surface area contributed by atoms with Crippen LogP contribution in [-0.2, 0) is 13.0 Å². The van der Waals surface area contributed by atoms with Gasteiger partial charge in [0, 0.05) is 24.4 Å². The van der Waals surface area contributed by atoms with E-state index in [1.54, 1.807) is 23.6 Å². The molecule has 3 aromatic heterocycles. The maximum atomic E-state index is 12.4. The largest absolute Gasteiger partial charge is 0.348 e. The number of H-pyrrole nitrogens is 1. The number of aromatic nitrogens is 4. The molecule has 1 unspecified atom stereocenters. The summed E-state index contributed by atoms with van der Waals surface area (Å²) in [4.78, 5) is 16.7. The highest BCUT2D eigenvalue weighted by Gasteiger charge is 2.15. The average molecular weight is 357 g/mol. The van der Waals surface area contributed by atoms with E-state index < -0.39 is 0 Å². The molecule has 1 atom stereocenters. The van der Waals surface area contributed by atoms with Crippen molar-refractivity contribution in [1.29, 1.82) is 0 Å². The van der Waals surface area contributed by atoms with E-state index in [0.29, 0.717) is 18.2 Å². The van der Waals surface area contributed by atoms with Crippen molar-refractivity contribution in [3.05, 3.63) is 58.1 Å². The number of nitrogens with zero attached hydrogens (tertiary/aromatic N) is 3. The summed E-state index contributed by atoms with van der Waals surface area (Å²) >= 11 is 1.67. The van der Waals surface area contributed by atoms with Crippen LogP contribution in [0.2, 0.25) is 0 Å². The van der Waals surface area contributed by atoms with Crippen molar-refractivity contribution in [2.24, 2.45) is 0 Å². The van der Waals surface area contributed by atoms with E-state index in [0.717, 1.165) is 17.9 Å². The Balaban J connectivity index is 1.60. The fraction of sp³-hybridized carbons (Fsp3) is 0.389. The summed E-state index contributed by atoms with van der Waals surface area (Å²) in [6, 6.07) is 3.94. The predicted octanol–water partition coefficient (Wildman–Crippen LogP) is 3.20. The number of nitrogens with one attached hydrogen (secondary N) is 2. The lowest BCUT2D eigenvalue weighted by molar-refractivity contribution is 0.0935. The zero-order chi connectivity index (χ0) is 17.8. The number of hydrogen-bond acceptors (Lipinski definition) is 4. The van der Waals surface area contributed by atoms with Crippen LogP contribution in [0.3, 0.4) is 0 Å². The molecule has 3 rings (SSSR count). The van der Waals surface area contributed by atoms with Gasteiger partial charge < -0.3 is 9.88 Å². The first kappa shape index (κ1) is 17.4. The van der Waals surface area contributed by atoms with Crippen molar-refractivity contribution in [2.75, 3.05) is 0 Å². The molecule has 0 aliphatic rings. The van der Waals surface area contributed by atoms with Crippen LogP contribution in [0.15, 0.2) is 35.3 Å². The monoisotopic (exact) mass is 357 g/mol. The van der Waals surface area contributed by atoms with Crippen LogP contribution in [0.4, 0.5) is 0 Å². The van der Waals surface area contributed by atoms with Gasteiger partial charge in [-0.1, -0.05) is 13.8 Å². The van der Waals surface area contributed by atoms with Gasteiger partial charge >= 0.3 is 0 Å². The summed E-state index contributed by atoms with van der Waals surface area (Å²) < 4.78 is 2.07. The highest BCUT2D eigenvalue weighted by Crippen LogP contribution is 2.14. The molecule has 3 aromatic rings. The molecule has 0 aliphatic carbocycles. The smallest absolute Gasteiger partial charge is 0.271 e. The molecule has 7 heteroatoms. The van der Waals surface area contributed by atoms with E-state index >= 15 is 0 Å². The van der Waals surface area contributed by atoms with Gasteiger partial charge in [-0.05, 0) is 41.8 Å². The van der Waals surface area contributed by atoms with Crippen LogP contribution in [0.5, 0.6) is 0 Å². The second-order valence-electron chi connectivity index (χ2n) is 6.56. The van der Waals surface area contributed by atoms with E-state index in [9.17, 15) is 4.79 Å². The molecule has 0 radical (unpaired) electrons. The summed E-state index contributed by atoms with van der Waals surface area (Å²) in [5.41, 5.74) is 2.54. The third kappa shape index (κ3) is 4.36. The average Bonchev–Trinajstić information content (AvgIpc) is 3.28. The zero-order valence-electron chi connectivity index (χ0n) is 14.7. The quantitative estimate of drug-likeness (QED) is 0.682. The molecule has 132 valence electrons. The molecule has 6 nitrogen and oxygen atoms in total. The molecule has 0 fully saturated rings. The Morgan fingerprint density at radius 3 is 2.96 bits per heavy atom. The lowest BCUT2D eigenvalue weighted by Gasteiger charge is -2.11. The standard InChI is InChI=1S/C18H23N5OS/c1-12(2)17-19-5-6-23(17)10-15-9-16(22-21-15)18(24)20-13(3)8-14-4-7-25-11-14/h4-7,9,11-13H,8,10H2,1-3H3,(H,20,24)(H,21,22). The maximum absolute atomic E-state index is 12.4. The normalized spacial score (nSPS) is 12.5. The summed E-state index contributed by atoms with van der Waals surface area (Å²) in [7, 11) is 0. The Morgan fingerprint density at radius 1 is 1.40 bits per heavy atom. The fourth-order valence-corrected chi connectivity index (χ4v) is 3.49. The molecule has 0 saturated heterocycles. The van der Waals surface area contributed by atoms with Crippen LogP contribution in [0.25, 0.3) is 0 Å². The summed E-state index contributed by atoms with van der Waals surface area (Å²) in [5.74, 6) is 1.21. The van der Waals surface area contributed by atoms with E-state index in [1.807, 2.05) is 18.5 Å². The molecule has 1 amide bonds. The maximum Gasteiger partial charge on any atom is 0.271 e. The van der Waals surface area contributed by atoms with Crippen LogP contribution in [-0.4, -0.2) is 31.7 Å². The molecular weight excluding hydrogens is 334 g/mol. The molecule has 0 saturated carbocycles. The molecular formula is C18H23N5OS. The molecule has 0 bridgehead atoms. The number of rotatable bonds is 7. The van der Waals surface area contributed by atoms with Gasteiger partial charge in [0.15, 0.2) is 0 Å². The highest BCUT2D eigenvalue weighted by molar-refractivity contribution is 7.07. The van der Waals surface area contributed by atoms with Gasteiger partial charge in [-0.15, -0.1) is 0 Å². The van der Waals surface area contributed by atoms with Gasteiger partial charge in [0.05, 0.1) is 12.2 Å². The fourth-order valence-electron chi connectivity index (χ4n) is 2.81. The second-order valence-corrected chi connectivity index (χ2v) is 7.34. The van der Waals surface area contributed by atoms with Crippen LogP contribution < -0.4 is 5.32 Å². The first-order chi connectivity index (χ1) is 12.0. The molecule has 3 heterocycles. The van der Waals surface area contributed by atoms with Crippen LogP contribution in [0, 0.1) is 0 Å². The van der Waals surface area contributed by atoms with E-state index in [4.69, 9.17) is 0 Å². The number of hydrogen-bond donors (Lipinski definition) is 2. The Hall–Kier alpha value is -2.41. The van der Waals surface area contributed by atoms with Crippen LogP contribution in [0.1, 0.15) is 54.3 Å². The first-order valence-corrected chi connectivity index (χ1v) is 9.34. The summed E-state index contributed by atoms with van der Waals surface area (Å²) in [6.07, 6.45) is 4.56. The number of carbonyl (C=O) groups excluding carboxylic acids is 1. The Labute approximate surface area is 151 Å². The molecule has 2 N–H and O–H groups in total. The lowest BCUT2D eigenvalue weighted by atomic mass is 10.1. The number of imidazole rings is 1. The third-order valence-corrected chi connectivity index (χ3v) is 4.70. The van der Waals surface area contributed by atoms with Crippen molar-refractivity contribution in [3.63, 3.8) is 0 Å². The summed E-state index contributed by atoms with van der Waals surface area (Å²) in [6.45, 7) is 6.85. The van der Waals surface area contributed by atoms with Gasteiger partial charge in [-0.3, -0.25) is 9.89 Å². The van der Waals surface area contributed by atoms with E-state index in [-0.39, 0.29) is 11.9 Å². The Bertz CT molecular complexity index is 818. The van der Waals surface area contributed by atoms with E-state index in [2.05, 4.69) is 50.4 Å². The first-order valence-electron chi connectivity index (χ1n) is 8.40. The predicted molar refractivity (Wildman–Crippen MR) is 99.0 cm³/mol. The van der Waals surface area contributed by atoms with Crippen molar-refractivity contribution >= 4 is 17.2 Å². The minimum absolute atomic E-state index is 0.0587. The lowest BCUT2D eigenvalue weighted by Crippen LogP contribution is -2.34. The van der Waals surface area contributed by atoms with Gasteiger partial charge in [0.2, 0.25) is 0 Å². The van der Waals surface area contributed by atoms with Gasteiger partial charge in [0.1, 0.15) is 11.5 Å². The van der Waals surface area contributed by atoms with E-state index in [1.165, 1.54) is 5.56 Å². The zero-order valence-corrected chi connectivity index (χ0v) is 15.5. The SMILES string of the molecule is CC(Cc1ccsc1)NC(=O)c1cc(Cn2ccnc2C(C)C)[nH]n1. The number of amides is 1. The molecule has 0 aromatic carbocycles. The van der Waals surface area contributed by atoms with Gasteiger partial charge in [-0.25, -0.2) is 4.98 Å². The molecule has 0 spiro atoms. The van der Waals surface area contributed by atoms with Crippen LogP contribution >= 0.6 is 11.3 Å². The van der Waals surface area contributed by atoms with Crippen molar-refractivity contribution < 1.29 is 4.79 Å². The van der Waals surface area contributed by atoms with Crippen molar-refractivity contribution in [3.8, 4) is 0 Å². The van der Waals surface area contributed by atoms with Gasteiger partial charge in [-0.2, -0.15) is 16.4 Å². The molecule has 0 aliphatic heterocycles. The minimum atomic E-state index is -0.153. The number of carbonyl (C=O) groups is 1. The second kappa shape index (κ2) is 7.65. The number of thiophene rings is 1. The molecule has 25 heavy (non-hydrogen) atoms.